The molecule has 0 aliphatic heterocycles. The van der Waals surface area contributed by atoms with Crippen LogP contribution in [-0.2, 0) is 6.42 Å². The highest BCUT2D eigenvalue weighted by Crippen LogP contribution is 2.43. The Balaban J connectivity index is 1.70. The Morgan fingerprint density at radius 1 is 1.35 bits per heavy atom. The number of thiazole rings is 1. The molecule has 158 valence electrons. The zero-order valence-corrected chi connectivity index (χ0v) is 18.4. The van der Waals surface area contributed by atoms with Crippen molar-refractivity contribution in [2.75, 3.05) is 0 Å². The lowest BCUT2D eigenvalue weighted by atomic mass is 9.97. The van der Waals surface area contributed by atoms with Crippen LogP contribution in [0.1, 0.15) is 48.6 Å². The SMILES string of the molecule is Cc1ccc2c(c1-c1cnc(-c3ccc(OC(C)C)c(C#N)c3)s1)CCC2NC(=O)O. The van der Waals surface area contributed by atoms with E-state index in [1.54, 1.807) is 11.3 Å². The Kier molecular flexibility index (Phi) is 5.66. The van der Waals surface area contributed by atoms with Crippen molar-refractivity contribution in [1.82, 2.24) is 10.3 Å². The summed E-state index contributed by atoms with van der Waals surface area (Å²) >= 11 is 1.58. The van der Waals surface area contributed by atoms with E-state index in [-0.39, 0.29) is 12.1 Å². The zero-order valence-electron chi connectivity index (χ0n) is 17.6. The highest BCUT2D eigenvalue weighted by atomic mass is 32.1. The number of benzene rings is 2. The largest absolute Gasteiger partial charge is 0.490 e. The van der Waals surface area contributed by atoms with Crippen LogP contribution in [0, 0.1) is 18.3 Å². The van der Waals surface area contributed by atoms with Crippen LogP contribution in [0.25, 0.3) is 21.0 Å². The Morgan fingerprint density at radius 2 is 2.16 bits per heavy atom. The molecule has 1 unspecified atom stereocenters. The third kappa shape index (κ3) is 4.12. The number of carbonyl (C=O) groups is 1. The second kappa shape index (κ2) is 8.40. The molecule has 1 aromatic heterocycles. The molecule has 2 N–H and O–H groups in total. The average Bonchev–Trinajstić information content (AvgIpc) is 3.35. The normalized spacial score (nSPS) is 14.9. The minimum Gasteiger partial charge on any atom is -0.490 e. The molecule has 6 nitrogen and oxygen atoms in total. The number of nitrogens with one attached hydrogen (secondary N) is 1. The number of hydrogen-bond acceptors (Lipinski definition) is 5. The fourth-order valence-corrected chi connectivity index (χ4v) is 5.14. The van der Waals surface area contributed by atoms with Crippen molar-refractivity contribution in [3.8, 4) is 32.8 Å². The molecule has 0 fully saturated rings. The van der Waals surface area contributed by atoms with E-state index in [0.29, 0.717) is 11.3 Å². The number of amides is 1. The Hall–Kier alpha value is -3.37. The lowest BCUT2D eigenvalue weighted by molar-refractivity contribution is 0.190. The third-order valence-corrected chi connectivity index (χ3v) is 6.44. The fourth-order valence-electron chi connectivity index (χ4n) is 4.09. The summed E-state index contributed by atoms with van der Waals surface area (Å²) in [5.74, 6) is 0.576. The molecule has 1 heterocycles. The van der Waals surface area contributed by atoms with Gasteiger partial charge in [-0.15, -0.1) is 11.3 Å². The molecule has 1 aliphatic carbocycles. The number of ether oxygens (including phenoxy) is 1. The van der Waals surface area contributed by atoms with Gasteiger partial charge in [0.1, 0.15) is 16.8 Å². The van der Waals surface area contributed by atoms with Crippen LogP contribution in [0.4, 0.5) is 4.79 Å². The van der Waals surface area contributed by atoms with Gasteiger partial charge in [0.25, 0.3) is 0 Å². The van der Waals surface area contributed by atoms with Gasteiger partial charge in [-0.1, -0.05) is 12.1 Å². The summed E-state index contributed by atoms with van der Waals surface area (Å²) in [6.07, 6.45) is 2.44. The van der Waals surface area contributed by atoms with Gasteiger partial charge in [0, 0.05) is 11.8 Å². The van der Waals surface area contributed by atoms with E-state index in [9.17, 15) is 10.1 Å². The van der Waals surface area contributed by atoms with Gasteiger partial charge >= 0.3 is 6.09 Å². The zero-order chi connectivity index (χ0) is 22.1. The Morgan fingerprint density at radius 3 is 2.87 bits per heavy atom. The number of fused-ring (bicyclic) bond motifs is 1. The number of nitrogens with zero attached hydrogens (tertiary/aromatic N) is 2. The van der Waals surface area contributed by atoms with Crippen LogP contribution in [-0.4, -0.2) is 22.3 Å². The predicted molar refractivity (Wildman–Crippen MR) is 120 cm³/mol. The number of hydrogen-bond donors (Lipinski definition) is 2. The average molecular weight is 434 g/mol. The summed E-state index contributed by atoms with van der Waals surface area (Å²) in [5, 5.41) is 22.1. The van der Waals surface area contributed by atoms with Crippen molar-refractivity contribution in [1.29, 1.82) is 5.26 Å². The van der Waals surface area contributed by atoms with Gasteiger partial charge < -0.3 is 15.2 Å². The molecule has 1 aliphatic rings. The molecular weight excluding hydrogens is 410 g/mol. The summed E-state index contributed by atoms with van der Waals surface area (Å²) < 4.78 is 5.72. The number of rotatable bonds is 5. The first kappa shape index (κ1) is 20.9. The summed E-state index contributed by atoms with van der Waals surface area (Å²) in [6, 6.07) is 11.7. The van der Waals surface area contributed by atoms with Gasteiger partial charge in [-0.25, -0.2) is 9.78 Å². The molecular formula is C24H23N3O3S. The molecule has 2 aromatic carbocycles. The van der Waals surface area contributed by atoms with Crippen molar-refractivity contribution in [3.05, 3.63) is 58.8 Å². The summed E-state index contributed by atoms with van der Waals surface area (Å²) in [7, 11) is 0. The number of aromatic nitrogens is 1. The van der Waals surface area contributed by atoms with Crippen LogP contribution in [0.15, 0.2) is 36.5 Å². The molecule has 0 bridgehead atoms. The first-order valence-electron chi connectivity index (χ1n) is 10.2. The van der Waals surface area contributed by atoms with Crippen molar-refractivity contribution in [2.45, 2.75) is 45.8 Å². The fraction of sp³-hybridized carbons (Fsp3) is 0.292. The molecule has 1 amide bonds. The monoisotopic (exact) mass is 433 g/mol. The molecule has 0 saturated carbocycles. The van der Waals surface area contributed by atoms with E-state index in [0.717, 1.165) is 45.0 Å². The van der Waals surface area contributed by atoms with Crippen molar-refractivity contribution in [3.63, 3.8) is 0 Å². The highest BCUT2D eigenvalue weighted by Gasteiger charge is 2.28. The van der Waals surface area contributed by atoms with Crippen LogP contribution in [0.3, 0.4) is 0 Å². The lowest BCUT2D eigenvalue weighted by Gasteiger charge is -2.14. The van der Waals surface area contributed by atoms with Crippen LogP contribution in [0.5, 0.6) is 5.75 Å². The van der Waals surface area contributed by atoms with Crippen LogP contribution in [0.2, 0.25) is 0 Å². The maximum absolute atomic E-state index is 11.1. The predicted octanol–water partition coefficient (Wildman–Crippen LogP) is 5.70. The van der Waals surface area contributed by atoms with Gasteiger partial charge in [0.15, 0.2) is 0 Å². The highest BCUT2D eigenvalue weighted by molar-refractivity contribution is 7.18. The smallest absolute Gasteiger partial charge is 0.405 e. The number of carboxylic acid groups (broad SMARTS) is 1. The molecule has 0 saturated heterocycles. The summed E-state index contributed by atoms with van der Waals surface area (Å²) in [4.78, 5) is 16.8. The van der Waals surface area contributed by atoms with Crippen LogP contribution < -0.4 is 10.1 Å². The van der Waals surface area contributed by atoms with E-state index in [2.05, 4.69) is 23.3 Å². The maximum atomic E-state index is 11.1. The van der Waals surface area contributed by atoms with Crippen LogP contribution >= 0.6 is 11.3 Å². The second-order valence-corrected chi connectivity index (χ2v) is 8.92. The lowest BCUT2D eigenvalue weighted by Crippen LogP contribution is -2.24. The second-order valence-electron chi connectivity index (χ2n) is 7.89. The van der Waals surface area contributed by atoms with Crippen molar-refractivity contribution in [2.24, 2.45) is 0 Å². The van der Waals surface area contributed by atoms with Gasteiger partial charge in [0.2, 0.25) is 0 Å². The standard InChI is InChI=1S/C24H23N3O3S/c1-13(2)30-20-9-5-15(10-16(20)11-25)23-26-12-21(31-23)22-14(3)4-6-17-18(22)7-8-19(17)27-24(28)29/h4-6,9-10,12-13,19,27H,7-8H2,1-3H3,(H,28,29). The Labute approximate surface area is 185 Å². The van der Waals surface area contributed by atoms with Crippen molar-refractivity contribution < 1.29 is 14.6 Å². The number of nitriles is 1. The summed E-state index contributed by atoms with van der Waals surface area (Å²) in [5.41, 5.74) is 5.87. The van der Waals surface area contributed by atoms with Gasteiger partial charge in [-0.3, -0.25) is 0 Å². The molecule has 0 spiro atoms. The van der Waals surface area contributed by atoms with E-state index < -0.39 is 6.09 Å². The maximum Gasteiger partial charge on any atom is 0.405 e. The molecule has 3 aromatic rings. The number of aryl methyl sites for hydroxylation is 1. The summed E-state index contributed by atoms with van der Waals surface area (Å²) in [6.45, 7) is 5.93. The molecule has 1 atom stereocenters. The van der Waals surface area contributed by atoms with Gasteiger partial charge in [-0.05, 0) is 74.1 Å². The molecule has 0 radical (unpaired) electrons. The van der Waals surface area contributed by atoms with Crippen molar-refractivity contribution >= 4 is 17.4 Å². The minimum atomic E-state index is -1.00. The molecule has 7 heteroatoms. The first-order valence-corrected chi connectivity index (χ1v) is 11.0. The van der Waals surface area contributed by atoms with E-state index in [1.165, 1.54) is 5.56 Å². The third-order valence-electron chi connectivity index (χ3n) is 5.38. The van der Waals surface area contributed by atoms with E-state index in [1.807, 2.05) is 50.4 Å². The first-order chi connectivity index (χ1) is 14.9. The quantitative estimate of drug-likeness (QED) is 0.538. The molecule has 4 rings (SSSR count). The Bertz CT molecular complexity index is 1190. The van der Waals surface area contributed by atoms with E-state index >= 15 is 0 Å². The van der Waals surface area contributed by atoms with E-state index in [4.69, 9.17) is 9.84 Å². The van der Waals surface area contributed by atoms with Gasteiger partial charge in [-0.2, -0.15) is 5.26 Å². The molecule has 31 heavy (non-hydrogen) atoms. The topological polar surface area (TPSA) is 95.2 Å². The van der Waals surface area contributed by atoms with Gasteiger partial charge in [0.05, 0.1) is 22.6 Å². The minimum absolute atomic E-state index is 0.00740.